The zero-order chi connectivity index (χ0) is 17.1. The van der Waals surface area contributed by atoms with Gasteiger partial charge in [-0.05, 0) is 37.4 Å². The summed E-state index contributed by atoms with van der Waals surface area (Å²) in [5.74, 6) is 2.09. The van der Waals surface area contributed by atoms with Gasteiger partial charge >= 0.3 is 0 Å². The molecule has 0 radical (unpaired) electrons. The normalized spacial score (nSPS) is 21.6. The second-order valence-corrected chi connectivity index (χ2v) is 7.06. The van der Waals surface area contributed by atoms with E-state index in [1.54, 1.807) is 6.20 Å². The molecule has 0 bridgehead atoms. The van der Waals surface area contributed by atoms with E-state index in [2.05, 4.69) is 30.8 Å². The number of pyridine rings is 1. The molecular weight excluding hydrogens is 314 g/mol. The molecule has 2 aliphatic rings. The third-order valence-corrected chi connectivity index (χ3v) is 5.40. The van der Waals surface area contributed by atoms with E-state index in [1.807, 2.05) is 24.7 Å². The molecule has 6 heteroatoms. The molecule has 2 aliphatic heterocycles. The van der Waals surface area contributed by atoms with Gasteiger partial charge in [0.25, 0.3) is 0 Å². The van der Waals surface area contributed by atoms with Crippen molar-refractivity contribution in [1.82, 2.24) is 24.8 Å². The predicted molar refractivity (Wildman–Crippen MR) is 95.1 cm³/mol. The topological polar surface area (TPSA) is 63.1 Å². The smallest absolute Gasteiger partial charge is 0.227 e. The number of carbonyl (C=O) groups excluding carboxylic acids is 1. The highest BCUT2D eigenvalue weighted by Gasteiger charge is 2.31. The number of nitrogens with one attached hydrogen (secondary N) is 1. The molecule has 132 valence electrons. The first-order valence-corrected chi connectivity index (χ1v) is 9.20. The van der Waals surface area contributed by atoms with E-state index in [0.717, 1.165) is 57.8 Å². The van der Waals surface area contributed by atoms with Crippen LogP contribution in [0.4, 0.5) is 0 Å². The summed E-state index contributed by atoms with van der Waals surface area (Å²) in [6.07, 6.45) is 10.6. The average molecular weight is 339 g/mol. The van der Waals surface area contributed by atoms with E-state index in [-0.39, 0.29) is 5.92 Å². The van der Waals surface area contributed by atoms with Crippen LogP contribution in [0, 0.1) is 5.92 Å². The maximum absolute atomic E-state index is 12.6. The van der Waals surface area contributed by atoms with Gasteiger partial charge in [0.15, 0.2) is 0 Å². The van der Waals surface area contributed by atoms with Crippen molar-refractivity contribution in [3.63, 3.8) is 0 Å². The number of amides is 1. The Morgan fingerprint density at radius 1 is 1.24 bits per heavy atom. The molecule has 2 aromatic heterocycles. The number of rotatable bonds is 4. The van der Waals surface area contributed by atoms with Gasteiger partial charge in [0.1, 0.15) is 5.82 Å². The Morgan fingerprint density at radius 2 is 2.12 bits per heavy atom. The SMILES string of the molecule is O=C([C@H]1CCNC1)N1CCC(c2nccn2Cc2cccnc2)CC1. The summed E-state index contributed by atoms with van der Waals surface area (Å²) in [4.78, 5) is 23.4. The van der Waals surface area contributed by atoms with Crippen LogP contribution in [0.3, 0.4) is 0 Å². The quantitative estimate of drug-likeness (QED) is 0.920. The van der Waals surface area contributed by atoms with Gasteiger partial charge < -0.3 is 14.8 Å². The lowest BCUT2D eigenvalue weighted by Gasteiger charge is -2.33. The Balaban J connectivity index is 1.38. The molecule has 25 heavy (non-hydrogen) atoms. The van der Waals surface area contributed by atoms with Gasteiger partial charge in [-0.2, -0.15) is 0 Å². The highest BCUT2D eigenvalue weighted by atomic mass is 16.2. The van der Waals surface area contributed by atoms with Crippen molar-refractivity contribution in [2.45, 2.75) is 31.7 Å². The molecule has 1 atom stereocenters. The van der Waals surface area contributed by atoms with Crippen molar-refractivity contribution in [3.8, 4) is 0 Å². The van der Waals surface area contributed by atoms with Gasteiger partial charge in [0, 0.05) is 50.3 Å². The predicted octanol–water partition coefficient (Wildman–Crippen LogP) is 1.64. The van der Waals surface area contributed by atoms with Crippen LogP contribution < -0.4 is 5.32 Å². The lowest BCUT2D eigenvalue weighted by Crippen LogP contribution is -2.42. The van der Waals surface area contributed by atoms with Crippen LogP contribution in [0.1, 0.15) is 36.6 Å². The summed E-state index contributed by atoms with van der Waals surface area (Å²) >= 11 is 0. The van der Waals surface area contributed by atoms with E-state index in [0.29, 0.717) is 11.8 Å². The molecule has 0 unspecified atom stereocenters. The van der Waals surface area contributed by atoms with Crippen molar-refractivity contribution >= 4 is 5.91 Å². The van der Waals surface area contributed by atoms with Crippen LogP contribution in [0.5, 0.6) is 0 Å². The molecule has 2 aromatic rings. The van der Waals surface area contributed by atoms with Crippen LogP contribution in [0.2, 0.25) is 0 Å². The van der Waals surface area contributed by atoms with Gasteiger partial charge in [-0.1, -0.05) is 6.07 Å². The molecule has 0 aliphatic carbocycles. The zero-order valence-electron chi connectivity index (χ0n) is 14.5. The van der Waals surface area contributed by atoms with Crippen LogP contribution in [0.25, 0.3) is 0 Å². The van der Waals surface area contributed by atoms with Crippen molar-refractivity contribution in [2.24, 2.45) is 5.92 Å². The molecule has 0 aromatic carbocycles. The number of aromatic nitrogens is 3. The maximum atomic E-state index is 12.6. The highest BCUT2D eigenvalue weighted by Crippen LogP contribution is 2.28. The van der Waals surface area contributed by atoms with Gasteiger partial charge in [-0.25, -0.2) is 4.98 Å². The number of imidazole rings is 1. The first-order valence-electron chi connectivity index (χ1n) is 9.20. The second-order valence-electron chi connectivity index (χ2n) is 7.06. The zero-order valence-corrected chi connectivity index (χ0v) is 14.5. The van der Waals surface area contributed by atoms with Crippen molar-refractivity contribution in [1.29, 1.82) is 0 Å². The fourth-order valence-corrected chi connectivity index (χ4v) is 3.98. The van der Waals surface area contributed by atoms with Crippen molar-refractivity contribution in [2.75, 3.05) is 26.2 Å². The number of nitrogens with zero attached hydrogens (tertiary/aromatic N) is 4. The molecule has 1 amide bonds. The van der Waals surface area contributed by atoms with Crippen molar-refractivity contribution in [3.05, 3.63) is 48.3 Å². The number of carbonyl (C=O) groups is 1. The minimum absolute atomic E-state index is 0.184. The fourth-order valence-electron chi connectivity index (χ4n) is 3.98. The molecule has 2 fully saturated rings. The Labute approximate surface area is 148 Å². The first-order chi connectivity index (χ1) is 12.3. The molecule has 2 saturated heterocycles. The van der Waals surface area contributed by atoms with Crippen molar-refractivity contribution < 1.29 is 4.79 Å². The standard InChI is InChI=1S/C19H25N5O/c25-19(17-3-7-21-13-17)23-9-4-16(5-10-23)18-22-8-11-24(18)14-15-2-1-6-20-12-15/h1-2,6,8,11-12,16-17,21H,3-5,7,9-10,13-14H2/t17-/m0/s1. The van der Waals surface area contributed by atoms with Gasteiger partial charge in [0.2, 0.25) is 5.91 Å². The Bertz CT molecular complexity index is 700. The Morgan fingerprint density at radius 3 is 2.84 bits per heavy atom. The third-order valence-electron chi connectivity index (χ3n) is 5.40. The Hall–Kier alpha value is -2.21. The first kappa shape index (κ1) is 16.3. The monoisotopic (exact) mass is 339 g/mol. The summed E-state index contributed by atoms with van der Waals surface area (Å²) in [5.41, 5.74) is 1.18. The molecule has 4 heterocycles. The largest absolute Gasteiger partial charge is 0.342 e. The number of hydrogen-bond acceptors (Lipinski definition) is 4. The van der Waals surface area contributed by atoms with Gasteiger partial charge in [-0.3, -0.25) is 9.78 Å². The minimum Gasteiger partial charge on any atom is -0.342 e. The molecule has 4 rings (SSSR count). The van der Waals surface area contributed by atoms with E-state index < -0.39 is 0 Å². The number of likely N-dealkylation sites (tertiary alicyclic amines) is 1. The fraction of sp³-hybridized carbons (Fsp3) is 0.526. The molecule has 6 nitrogen and oxygen atoms in total. The van der Waals surface area contributed by atoms with Crippen LogP contribution in [0.15, 0.2) is 36.9 Å². The number of hydrogen-bond donors (Lipinski definition) is 1. The van der Waals surface area contributed by atoms with E-state index >= 15 is 0 Å². The lowest BCUT2D eigenvalue weighted by molar-refractivity contribution is -0.136. The van der Waals surface area contributed by atoms with E-state index in [4.69, 9.17) is 0 Å². The molecular formula is C19H25N5O. The van der Waals surface area contributed by atoms with E-state index in [1.165, 1.54) is 5.56 Å². The summed E-state index contributed by atoms with van der Waals surface area (Å²) in [6, 6.07) is 4.06. The molecule has 1 N–H and O–H groups in total. The molecule has 0 saturated carbocycles. The minimum atomic E-state index is 0.184. The van der Waals surface area contributed by atoms with E-state index in [9.17, 15) is 4.79 Å². The molecule has 0 spiro atoms. The average Bonchev–Trinajstić information content (AvgIpc) is 3.34. The summed E-state index contributed by atoms with van der Waals surface area (Å²) < 4.78 is 2.22. The van der Waals surface area contributed by atoms with Crippen LogP contribution in [-0.4, -0.2) is 51.5 Å². The van der Waals surface area contributed by atoms with Gasteiger partial charge in [0.05, 0.1) is 12.5 Å². The summed E-state index contributed by atoms with van der Waals surface area (Å²) in [7, 11) is 0. The second kappa shape index (κ2) is 7.35. The lowest BCUT2D eigenvalue weighted by atomic mass is 9.94. The Kier molecular flexibility index (Phi) is 4.78. The number of piperidine rings is 1. The maximum Gasteiger partial charge on any atom is 0.227 e. The highest BCUT2D eigenvalue weighted by molar-refractivity contribution is 5.79. The third kappa shape index (κ3) is 3.58. The van der Waals surface area contributed by atoms with Gasteiger partial charge in [-0.15, -0.1) is 0 Å². The van der Waals surface area contributed by atoms with Crippen LogP contribution in [-0.2, 0) is 11.3 Å². The summed E-state index contributed by atoms with van der Waals surface area (Å²) in [5, 5.41) is 3.29. The van der Waals surface area contributed by atoms with Crippen LogP contribution >= 0.6 is 0 Å². The summed E-state index contributed by atoms with van der Waals surface area (Å²) in [6.45, 7) is 4.31.